The van der Waals surface area contributed by atoms with E-state index in [4.69, 9.17) is 4.74 Å². The van der Waals surface area contributed by atoms with E-state index in [1.165, 1.54) is 25.5 Å². The fraction of sp³-hybridized carbons (Fsp3) is 0.643. The average Bonchev–Trinajstić information content (AvgIpc) is 2.82. The number of rotatable bonds is 6. The average molecular weight is 279 g/mol. The lowest BCUT2D eigenvalue weighted by Gasteiger charge is -2.27. The number of esters is 1. The Morgan fingerprint density at radius 3 is 2.90 bits per heavy atom. The van der Waals surface area contributed by atoms with Crippen LogP contribution in [-0.2, 0) is 9.53 Å². The summed E-state index contributed by atoms with van der Waals surface area (Å²) in [7, 11) is 0. The van der Waals surface area contributed by atoms with E-state index in [1.54, 1.807) is 6.92 Å². The van der Waals surface area contributed by atoms with Crippen molar-refractivity contribution in [1.82, 2.24) is 9.97 Å². The van der Waals surface area contributed by atoms with Gasteiger partial charge in [-0.15, -0.1) is 0 Å². The first-order valence-electron chi connectivity index (χ1n) is 7.13. The third-order valence-corrected chi connectivity index (χ3v) is 3.67. The van der Waals surface area contributed by atoms with Crippen LogP contribution >= 0.6 is 0 Å². The van der Waals surface area contributed by atoms with E-state index in [0.29, 0.717) is 18.5 Å². The van der Waals surface area contributed by atoms with Gasteiger partial charge in [-0.05, 0) is 19.3 Å². The van der Waals surface area contributed by atoms with E-state index in [1.807, 2.05) is 6.92 Å². The highest BCUT2D eigenvalue weighted by Gasteiger charge is 2.24. The zero-order valence-electron chi connectivity index (χ0n) is 11.9. The van der Waals surface area contributed by atoms with Crippen molar-refractivity contribution >= 4 is 17.8 Å². The minimum absolute atomic E-state index is 0.0450. The number of carbonyl (C=O) groups is 2. The number of H-pyrrole nitrogens is 1. The monoisotopic (exact) mass is 279 g/mol. The van der Waals surface area contributed by atoms with Gasteiger partial charge in [0.1, 0.15) is 5.69 Å². The van der Waals surface area contributed by atoms with Crippen LogP contribution in [0.1, 0.15) is 50.0 Å². The first-order valence-corrected chi connectivity index (χ1v) is 7.13. The number of anilines is 1. The topological polar surface area (TPSA) is 84.1 Å². The summed E-state index contributed by atoms with van der Waals surface area (Å²) in [4.78, 5) is 30.2. The molecule has 1 saturated carbocycles. The van der Waals surface area contributed by atoms with Crippen molar-refractivity contribution in [2.24, 2.45) is 11.8 Å². The van der Waals surface area contributed by atoms with Crippen molar-refractivity contribution in [2.45, 2.75) is 39.5 Å². The van der Waals surface area contributed by atoms with Gasteiger partial charge in [0.25, 0.3) is 0 Å². The lowest BCUT2D eigenvalue weighted by Crippen LogP contribution is -2.25. The first kappa shape index (κ1) is 14.6. The summed E-state index contributed by atoms with van der Waals surface area (Å²) < 4.78 is 4.85. The quantitative estimate of drug-likeness (QED) is 0.783. The van der Waals surface area contributed by atoms with Crippen molar-refractivity contribution in [2.75, 3.05) is 11.9 Å². The number of hydrogen-bond donors (Lipinski definition) is 2. The number of imidazole rings is 1. The molecule has 2 rings (SSSR count). The molecule has 110 valence electrons. The highest BCUT2D eigenvalue weighted by atomic mass is 16.5. The highest BCUT2D eigenvalue weighted by Crippen LogP contribution is 2.32. The van der Waals surface area contributed by atoms with E-state index in [-0.39, 0.29) is 17.5 Å². The molecule has 0 radical (unpaired) electrons. The Kier molecular flexibility index (Phi) is 4.76. The normalized spacial score (nSPS) is 16.3. The second-order valence-corrected chi connectivity index (χ2v) is 5.29. The third kappa shape index (κ3) is 3.59. The molecule has 6 nitrogen and oxygen atoms in total. The van der Waals surface area contributed by atoms with Crippen molar-refractivity contribution in [3.8, 4) is 0 Å². The number of hydrogen-bond acceptors (Lipinski definition) is 4. The molecule has 0 aromatic carbocycles. The summed E-state index contributed by atoms with van der Waals surface area (Å²) in [6.45, 7) is 3.96. The van der Waals surface area contributed by atoms with E-state index in [0.717, 1.165) is 6.42 Å². The second kappa shape index (κ2) is 6.54. The molecule has 1 heterocycles. The minimum atomic E-state index is -0.469. The summed E-state index contributed by atoms with van der Waals surface area (Å²) in [5.74, 6) is 0.391. The van der Waals surface area contributed by atoms with Crippen LogP contribution in [0.5, 0.6) is 0 Å². The molecule has 1 fully saturated rings. The number of nitrogens with zero attached hydrogens (tertiary/aromatic N) is 1. The number of nitrogens with one attached hydrogen (secondary N) is 2. The van der Waals surface area contributed by atoms with Crippen molar-refractivity contribution in [1.29, 1.82) is 0 Å². The summed E-state index contributed by atoms with van der Waals surface area (Å²) >= 11 is 0. The zero-order chi connectivity index (χ0) is 14.5. The lowest BCUT2D eigenvalue weighted by atomic mass is 9.79. The largest absolute Gasteiger partial charge is 0.461 e. The molecule has 0 aliphatic heterocycles. The fourth-order valence-electron chi connectivity index (χ4n) is 2.27. The smallest absolute Gasteiger partial charge is 0.356 e. The predicted molar refractivity (Wildman–Crippen MR) is 74.3 cm³/mol. The van der Waals surface area contributed by atoms with Crippen LogP contribution in [0.15, 0.2) is 6.20 Å². The molecule has 1 unspecified atom stereocenters. The standard InChI is InChI=1S/C14H21N3O3/c1-3-20-13(19)11-8-15-14(16-11)17-12(18)9(2)7-10-5-4-6-10/h8-10H,3-7H2,1-2H3,(H2,15,16,17,18). The van der Waals surface area contributed by atoms with Crippen molar-refractivity contribution < 1.29 is 14.3 Å². The fourth-order valence-corrected chi connectivity index (χ4v) is 2.27. The Bertz CT molecular complexity index is 480. The van der Waals surface area contributed by atoms with Crippen LogP contribution < -0.4 is 5.32 Å². The van der Waals surface area contributed by atoms with Gasteiger partial charge >= 0.3 is 5.97 Å². The van der Waals surface area contributed by atoms with Crippen LogP contribution in [0.4, 0.5) is 5.95 Å². The molecule has 20 heavy (non-hydrogen) atoms. The maximum Gasteiger partial charge on any atom is 0.356 e. The molecule has 1 aromatic rings. The van der Waals surface area contributed by atoms with E-state index in [2.05, 4.69) is 15.3 Å². The molecular weight excluding hydrogens is 258 g/mol. The molecule has 1 atom stereocenters. The SMILES string of the molecule is CCOC(=O)c1cnc(NC(=O)C(C)CC2CCC2)[nH]1. The van der Waals surface area contributed by atoms with Gasteiger partial charge < -0.3 is 9.72 Å². The van der Waals surface area contributed by atoms with Crippen LogP contribution in [0, 0.1) is 11.8 Å². The van der Waals surface area contributed by atoms with Gasteiger partial charge in [-0.2, -0.15) is 0 Å². The van der Waals surface area contributed by atoms with Crippen molar-refractivity contribution in [3.63, 3.8) is 0 Å². The molecule has 2 N–H and O–H groups in total. The Morgan fingerprint density at radius 2 is 2.30 bits per heavy atom. The number of amides is 1. The van der Waals surface area contributed by atoms with Gasteiger partial charge in [0.2, 0.25) is 11.9 Å². The number of ether oxygens (including phenoxy) is 1. The van der Waals surface area contributed by atoms with Crippen molar-refractivity contribution in [3.05, 3.63) is 11.9 Å². The molecule has 0 bridgehead atoms. The Morgan fingerprint density at radius 1 is 1.55 bits per heavy atom. The number of carbonyl (C=O) groups excluding carboxylic acids is 2. The summed E-state index contributed by atoms with van der Waals surface area (Å²) in [6.07, 6.45) is 6.01. The Balaban J connectivity index is 1.85. The second-order valence-electron chi connectivity index (χ2n) is 5.29. The third-order valence-electron chi connectivity index (χ3n) is 3.67. The zero-order valence-corrected chi connectivity index (χ0v) is 11.9. The molecule has 0 saturated heterocycles. The summed E-state index contributed by atoms with van der Waals surface area (Å²) in [5.41, 5.74) is 0.244. The minimum Gasteiger partial charge on any atom is -0.461 e. The van der Waals surface area contributed by atoms with Gasteiger partial charge in [0.15, 0.2) is 0 Å². The van der Waals surface area contributed by atoms with E-state index < -0.39 is 5.97 Å². The molecular formula is C14H21N3O3. The Labute approximate surface area is 118 Å². The summed E-state index contributed by atoms with van der Waals surface area (Å²) in [6, 6.07) is 0. The van der Waals surface area contributed by atoms with Gasteiger partial charge in [-0.1, -0.05) is 26.2 Å². The lowest BCUT2D eigenvalue weighted by molar-refractivity contribution is -0.120. The highest BCUT2D eigenvalue weighted by molar-refractivity contribution is 5.92. The molecule has 6 heteroatoms. The van der Waals surface area contributed by atoms with Crippen LogP contribution in [0.2, 0.25) is 0 Å². The van der Waals surface area contributed by atoms with Gasteiger partial charge in [0.05, 0.1) is 12.8 Å². The maximum atomic E-state index is 12.0. The number of aromatic amines is 1. The molecule has 1 aliphatic carbocycles. The first-order chi connectivity index (χ1) is 9.60. The maximum absolute atomic E-state index is 12.0. The predicted octanol–water partition coefficient (Wildman–Crippen LogP) is 2.35. The number of aromatic nitrogens is 2. The molecule has 1 aliphatic rings. The van der Waals surface area contributed by atoms with E-state index >= 15 is 0 Å². The van der Waals surface area contributed by atoms with Gasteiger partial charge in [-0.3, -0.25) is 10.1 Å². The van der Waals surface area contributed by atoms with Crippen LogP contribution in [0.25, 0.3) is 0 Å². The van der Waals surface area contributed by atoms with E-state index in [9.17, 15) is 9.59 Å². The molecule has 0 spiro atoms. The van der Waals surface area contributed by atoms with Crippen LogP contribution in [-0.4, -0.2) is 28.5 Å². The molecule has 1 amide bonds. The Hall–Kier alpha value is -1.85. The van der Waals surface area contributed by atoms with Gasteiger partial charge in [-0.25, -0.2) is 9.78 Å². The van der Waals surface area contributed by atoms with Crippen LogP contribution in [0.3, 0.4) is 0 Å². The van der Waals surface area contributed by atoms with Gasteiger partial charge in [0, 0.05) is 5.92 Å². The molecule has 1 aromatic heterocycles. The summed E-state index contributed by atoms with van der Waals surface area (Å²) in [5, 5.41) is 2.70.